The molecule has 1 rings (SSSR count). The van der Waals surface area contributed by atoms with Gasteiger partial charge in [0.1, 0.15) is 0 Å². The summed E-state index contributed by atoms with van der Waals surface area (Å²) in [6.45, 7) is 6.96. The molecule has 0 saturated carbocycles. The predicted molar refractivity (Wildman–Crippen MR) is 89.5 cm³/mol. The van der Waals surface area contributed by atoms with E-state index in [0.717, 1.165) is 12.0 Å². The molecule has 0 N–H and O–H groups in total. The Labute approximate surface area is 134 Å². The second kappa shape index (κ2) is 8.82. The van der Waals surface area contributed by atoms with Crippen molar-refractivity contribution in [3.63, 3.8) is 0 Å². The number of hydrogen-bond donors (Lipinski definition) is 0. The van der Waals surface area contributed by atoms with E-state index in [4.69, 9.17) is 4.74 Å². The molecule has 0 aliphatic heterocycles. The molecular formula is C16H22BrFN2O. The predicted octanol–water partition coefficient (Wildman–Crippen LogP) is 4.73. The molecule has 0 saturated heterocycles. The number of ether oxygens (including phenoxy) is 1. The van der Waals surface area contributed by atoms with Crippen LogP contribution in [-0.4, -0.2) is 25.2 Å². The second-order valence-corrected chi connectivity index (χ2v) is 5.50. The molecule has 1 heterocycles. The van der Waals surface area contributed by atoms with Gasteiger partial charge in [0.15, 0.2) is 0 Å². The lowest BCUT2D eigenvalue weighted by molar-refractivity contribution is 0.288. The Bertz CT molecular complexity index is 529. The topological polar surface area (TPSA) is 25.4 Å². The van der Waals surface area contributed by atoms with Gasteiger partial charge in [-0.2, -0.15) is 4.39 Å². The maximum atomic E-state index is 14.6. The molecule has 21 heavy (non-hydrogen) atoms. The number of aromatic nitrogens is 1. The molecule has 0 atom stereocenters. The Hall–Kier alpha value is -1.36. The summed E-state index contributed by atoms with van der Waals surface area (Å²) in [6.07, 6.45) is 8.38. The van der Waals surface area contributed by atoms with Crippen LogP contribution in [0, 0.1) is 5.82 Å². The second-order valence-electron chi connectivity index (χ2n) is 4.64. The summed E-state index contributed by atoms with van der Waals surface area (Å²) < 4.78 is 20.5. The van der Waals surface area contributed by atoms with Gasteiger partial charge in [0.05, 0.1) is 16.8 Å². The molecule has 0 fully saturated rings. The lowest BCUT2D eigenvalue weighted by atomic mass is 10.2. The average Bonchev–Trinajstić information content (AvgIpc) is 2.46. The summed E-state index contributed by atoms with van der Waals surface area (Å²) >= 11 is 3.36. The molecule has 0 aliphatic carbocycles. The van der Waals surface area contributed by atoms with Crippen LogP contribution in [0.3, 0.4) is 0 Å². The third kappa shape index (κ3) is 4.84. The van der Waals surface area contributed by atoms with Crippen molar-refractivity contribution in [2.75, 3.05) is 25.1 Å². The van der Waals surface area contributed by atoms with Crippen LogP contribution in [0.5, 0.6) is 5.88 Å². The van der Waals surface area contributed by atoms with Gasteiger partial charge in [0.25, 0.3) is 5.88 Å². The third-order valence-electron chi connectivity index (χ3n) is 2.91. The third-order valence-corrected chi connectivity index (χ3v) is 3.49. The van der Waals surface area contributed by atoms with E-state index in [-0.39, 0.29) is 5.88 Å². The van der Waals surface area contributed by atoms with Crippen molar-refractivity contribution in [3.05, 3.63) is 40.3 Å². The molecular weight excluding hydrogens is 335 g/mol. The van der Waals surface area contributed by atoms with Crippen LogP contribution < -0.4 is 9.64 Å². The van der Waals surface area contributed by atoms with E-state index in [2.05, 4.69) is 20.9 Å². The molecule has 0 unspecified atom stereocenters. The van der Waals surface area contributed by atoms with Gasteiger partial charge in [0, 0.05) is 19.8 Å². The van der Waals surface area contributed by atoms with Gasteiger partial charge in [-0.25, -0.2) is 4.98 Å². The van der Waals surface area contributed by atoms with Crippen molar-refractivity contribution >= 4 is 21.6 Å². The number of halogens is 2. The molecule has 0 bridgehead atoms. The van der Waals surface area contributed by atoms with Crippen molar-refractivity contribution in [3.8, 4) is 5.88 Å². The fourth-order valence-electron chi connectivity index (χ4n) is 1.90. The summed E-state index contributed by atoms with van der Waals surface area (Å²) in [7, 11) is 1.85. The van der Waals surface area contributed by atoms with Crippen LogP contribution in [0.15, 0.2) is 34.5 Å². The van der Waals surface area contributed by atoms with Crippen molar-refractivity contribution in [2.24, 2.45) is 0 Å². The molecule has 3 nitrogen and oxygen atoms in total. The first-order valence-electron chi connectivity index (χ1n) is 7.00. The Morgan fingerprint density at radius 3 is 2.76 bits per heavy atom. The largest absolute Gasteiger partial charge is 0.476 e. The van der Waals surface area contributed by atoms with Crippen LogP contribution in [0.25, 0.3) is 0 Å². The number of pyridine rings is 1. The number of likely N-dealkylation sites (N-methyl/N-ethyl adjacent to an activating group) is 1. The SMILES string of the molecule is C/C=C\C(=C/C)CN(C)c1c(Br)cnc(OCCC)c1F. The zero-order chi connectivity index (χ0) is 15.8. The van der Waals surface area contributed by atoms with Crippen LogP contribution in [0.1, 0.15) is 27.2 Å². The number of rotatable bonds is 7. The number of hydrogen-bond acceptors (Lipinski definition) is 3. The van der Waals surface area contributed by atoms with Gasteiger partial charge in [0.2, 0.25) is 5.82 Å². The van der Waals surface area contributed by atoms with Gasteiger partial charge in [-0.15, -0.1) is 0 Å². The minimum atomic E-state index is -0.434. The fraction of sp³-hybridized carbons (Fsp3) is 0.438. The molecule has 0 aromatic carbocycles. The van der Waals surface area contributed by atoms with Gasteiger partial charge >= 0.3 is 0 Å². The minimum Gasteiger partial charge on any atom is -0.476 e. The Morgan fingerprint density at radius 1 is 1.48 bits per heavy atom. The first kappa shape index (κ1) is 17.7. The highest BCUT2D eigenvalue weighted by Crippen LogP contribution is 2.33. The van der Waals surface area contributed by atoms with E-state index >= 15 is 0 Å². The normalized spacial score (nSPS) is 12.0. The minimum absolute atomic E-state index is 0.0509. The lowest BCUT2D eigenvalue weighted by Gasteiger charge is -2.22. The number of nitrogens with zero attached hydrogens (tertiary/aromatic N) is 2. The van der Waals surface area contributed by atoms with Gasteiger partial charge < -0.3 is 9.64 Å². The maximum Gasteiger partial charge on any atom is 0.252 e. The van der Waals surface area contributed by atoms with Crippen LogP contribution in [0.2, 0.25) is 0 Å². The molecule has 1 aromatic rings. The highest BCUT2D eigenvalue weighted by atomic mass is 79.9. The fourth-order valence-corrected chi connectivity index (χ4v) is 2.47. The summed E-state index contributed by atoms with van der Waals surface area (Å²) in [4.78, 5) is 5.84. The highest BCUT2D eigenvalue weighted by molar-refractivity contribution is 9.10. The molecule has 1 aromatic heterocycles. The van der Waals surface area contributed by atoms with Gasteiger partial charge in [-0.05, 0) is 41.8 Å². The number of anilines is 1. The van der Waals surface area contributed by atoms with E-state index in [0.29, 0.717) is 23.3 Å². The standard InChI is InChI=1S/C16H22BrFN2O/c1-5-8-12(7-3)11-20(4)15-13(17)10-19-16(14(15)18)21-9-6-2/h5,7-8,10H,6,9,11H2,1-4H3/b8-5-,12-7+. The van der Waals surface area contributed by atoms with Crippen LogP contribution in [0.4, 0.5) is 10.1 Å². The van der Waals surface area contributed by atoms with Crippen molar-refractivity contribution in [1.29, 1.82) is 0 Å². The summed E-state index contributed by atoms with van der Waals surface area (Å²) in [5, 5.41) is 0. The quantitative estimate of drug-likeness (QED) is 0.660. The molecule has 116 valence electrons. The van der Waals surface area contributed by atoms with Crippen LogP contribution in [-0.2, 0) is 0 Å². The first-order chi connectivity index (χ1) is 10.0. The Kier molecular flexibility index (Phi) is 7.43. The van der Waals surface area contributed by atoms with Crippen molar-refractivity contribution in [2.45, 2.75) is 27.2 Å². The monoisotopic (exact) mass is 356 g/mol. The summed E-state index contributed by atoms with van der Waals surface area (Å²) in [6, 6.07) is 0. The van der Waals surface area contributed by atoms with E-state index in [9.17, 15) is 4.39 Å². The van der Waals surface area contributed by atoms with E-state index in [1.807, 2.05) is 50.9 Å². The van der Waals surface area contributed by atoms with Gasteiger partial charge in [-0.1, -0.05) is 25.2 Å². The van der Waals surface area contributed by atoms with Gasteiger partial charge in [-0.3, -0.25) is 0 Å². The summed E-state index contributed by atoms with van der Waals surface area (Å²) in [5.74, 6) is -0.383. The van der Waals surface area contributed by atoms with Crippen molar-refractivity contribution < 1.29 is 9.13 Å². The zero-order valence-corrected chi connectivity index (χ0v) is 14.6. The molecule has 0 amide bonds. The van der Waals surface area contributed by atoms with E-state index < -0.39 is 5.82 Å². The Balaban J connectivity index is 3.05. The number of allylic oxidation sites excluding steroid dienone is 2. The maximum absolute atomic E-state index is 14.6. The molecule has 0 aliphatic rings. The smallest absolute Gasteiger partial charge is 0.252 e. The van der Waals surface area contributed by atoms with Crippen molar-refractivity contribution in [1.82, 2.24) is 4.98 Å². The molecule has 5 heteroatoms. The first-order valence-corrected chi connectivity index (χ1v) is 7.80. The zero-order valence-electron chi connectivity index (χ0n) is 13.0. The van der Waals surface area contributed by atoms with E-state index in [1.165, 1.54) is 0 Å². The summed E-state index contributed by atoms with van der Waals surface area (Å²) in [5.41, 5.74) is 1.57. The Morgan fingerprint density at radius 2 is 2.19 bits per heavy atom. The average molecular weight is 357 g/mol. The molecule has 0 spiro atoms. The molecule has 0 radical (unpaired) electrons. The highest BCUT2D eigenvalue weighted by Gasteiger charge is 2.18. The lowest BCUT2D eigenvalue weighted by Crippen LogP contribution is -2.22. The van der Waals surface area contributed by atoms with E-state index in [1.54, 1.807) is 6.20 Å². The van der Waals surface area contributed by atoms with Crippen LogP contribution >= 0.6 is 15.9 Å².